The topological polar surface area (TPSA) is 70.4 Å². The summed E-state index contributed by atoms with van der Waals surface area (Å²) in [6.45, 7) is 7.98. The molecule has 5 heteroatoms. The first kappa shape index (κ1) is 30.1. The minimum absolute atomic E-state index is 0.0649. The van der Waals surface area contributed by atoms with E-state index in [1.54, 1.807) is 0 Å². The highest BCUT2D eigenvalue weighted by atomic mass is 32.2. The number of carboxylic acid groups (broad SMARTS) is 1. The van der Waals surface area contributed by atoms with Gasteiger partial charge in [-0.05, 0) is 98.2 Å². The Hall–Kier alpha value is -2.89. The molecule has 0 bridgehead atoms. The van der Waals surface area contributed by atoms with Gasteiger partial charge in [0.15, 0.2) is 0 Å². The van der Waals surface area contributed by atoms with Crippen LogP contribution in [0.15, 0.2) is 60.7 Å². The van der Waals surface area contributed by atoms with Crippen LogP contribution in [0.1, 0.15) is 97.3 Å². The summed E-state index contributed by atoms with van der Waals surface area (Å²) in [5, 5.41) is 20.4. The van der Waals surface area contributed by atoms with Crippen LogP contribution in [0.5, 0.6) is 0 Å². The van der Waals surface area contributed by atoms with E-state index < -0.39 is 11.6 Å². The Morgan fingerprint density at radius 2 is 1.85 bits per heavy atom. The van der Waals surface area contributed by atoms with Gasteiger partial charge in [-0.15, -0.1) is 0 Å². The average Bonchev–Trinajstić information content (AvgIpc) is 3.67. The second-order valence-corrected chi connectivity index (χ2v) is 13.1. The monoisotopic (exact) mass is 557 g/mol. The number of carboxylic acids is 1. The third-order valence-electron chi connectivity index (χ3n) is 7.87. The van der Waals surface area contributed by atoms with E-state index in [9.17, 15) is 15.0 Å². The summed E-state index contributed by atoms with van der Waals surface area (Å²) in [7, 11) is 0. The largest absolute Gasteiger partial charge is 0.481 e. The summed E-state index contributed by atoms with van der Waals surface area (Å²) in [4.78, 5) is 16.3. The van der Waals surface area contributed by atoms with Gasteiger partial charge in [0.2, 0.25) is 0 Å². The summed E-state index contributed by atoms with van der Waals surface area (Å²) in [5.41, 5.74) is 6.92. The van der Waals surface area contributed by atoms with Crippen molar-refractivity contribution in [3.8, 4) is 0 Å². The molecule has 0 radical (unpaired) electrons. The van der Waals surface area contributed by atoms with Crippen molar-refractivity contribution in [2.24, 2.45) is 5.41 Å². The van der Waals surface area contributed by atoms with Gasteiger partial charge in [0.1, 0.15) is 0 Å². The van der Waals surface area contributed by atoms with Gasteiger partial charge >= 0.3 is 5.97 Å². The summed E-state index contributed by atoms with van der Waals surface area (Å²) in [5.74, 6) is 0.151. The molecule has 1 heterocycles. The van der Waals surface area contributed by atoms with Gasteiger partial charge in [0.05, 0.1) is 17.7 Å². The van der Waals surface area contributed by atoms with Crippen LogP contribution in [-0.2, 0) is 23.2 Å². The molecular weight excluding hydrogens is 514 g/mol. The van der Waals surface area contributed by atoms with Crippen molar-refractivity contribution < 1.29 is 15.0 Å². The number of benzene rings is 2. The summed E-state index contributed by atoms with van der Waals surface area (Å²) in [6.07, 6.45) is 10.3. The lowest BCUT2D eigenvalue weighted by molar-refractivity contribution is -0.138. The maximum absolute atomic E-state index is 11.5. The molecule has 212 valence electrons. The molecule has 2 aromatic carbocycles. The molecule has 1 aromatic heterocycles. The molecule has 0 unspecified atom stereocenters. The predicted octanol–water partition coefficient (Wildman–Crippen LogP) is 8.40. The molecular formula is C35H43NO3S. The first-order chi connectivity index (χ1) is 19.1. The van der Waals surface area contributed by atoms with E-state index in [2.05, 4.69) is 68.5 Å². The minimum Gasteiger partial charge on any atom is -0.481 e. The lowest BCUT2D eigenvalue weighted by atomic mass is 9.90. The number of aryl methyl sites for hydroxylation is 3. The lowest BCUT2D eigenvalue weighted by Crippen LogP contribution is -2.18. The molecule has 1 atom stereocenters. The van der Waals surface area contributed by atoms with E-state index in [4.69, 9.17) is 4.98 Å². The van der Waals surface area contributed by atoms with Crippen LogP contribution in [-0.4, -0.2) is 26.9 Å². The zero-order valence-corrected chi connectivity index (χ0v) is 25.1. The van der Waals surface area contributed by atoms with Crippen molar-refractivity contribution >= 4 is 29.9 Å². The number of aliphatic hydroxyl groups is 1. The smallest absolute Gasteiger partial charge is 0.303 e. The molecule has 4 rings (SSSR count). The molecule has 0 spiro atoms. The molecule has 0 aliphatic heterocycles. The normalized spacial score (nSPS) is 15.3. The number of nitrogens with zero attached hydrogens (tertiary/aromatic N) is 1. The number of aliphatic carboxylic acids is 1. The standard InChI is InChI=1S/C35H43NO3S/c1-5-9-31-25(2)14-17-29(36-31)18-15-26-10-8-12-28(22-26)32(40-24-35(20-21-35)23-33(37)38)19-16-27-11-6-7-13-30(27)34(3,4)39/h6-8,10-15,17-18,22,32,39H,5,9,16,19-21,23-24H2,1-4H3,(H,37,38)/b18-15+/t32-/m1/s1. The number of thioether (sulfide) groups is 1. The predicted molar refractivity (Wildman–Crippen MR) is 167 cm³/mol. The molecule has 40 heavy (non-hydrogen) atoms. The minimum atomic E-state index is -0.898. The van der Waals surface area contributed by atoms with Gasteiger partial charge in [-0.25, -0.2) is 0 Å². The van der Waals surface area contributed by atoms with Crippen molar-refractivity contribution in [1.82, 2.24) is 4.98 Å². The maximum Gasteiger partial charge on any atom is 0.303 e. The fourth-order valence-electron chi connectivity index (χ4n) is 5.33. The molecule has 4 nitrogen and oxygen atoms in total. The van der Waals surface area contributed by atoms with Gasteiger partial charge in [-0.3, -0.25) is 9.78 Å². The Kier molecular flexibility index (Phi) is 9.91. The molecule has 0 amide bonds. The van der Waals surface area contributed by atoms with Crippen LogP contribution in [0.2, 0.25) is 0 Å². The van der Waals surface area contributed by atoms with Gasteiger partial charge < -0.3 is 10.2 Å². The molecule has 1 aliphatic rings. The van der Waals surface area contributed by atoms with Crippen molar-refractivity contribution in [3.63, 3.8) is 0 Å². The van der Waals surface area contributed by atoms with E-state index in [0.717, 1.165) is 72.4 Å². The fourth-order valence-corrected chi connectivity index (χ4v) is 6.90. The molecule has 1 saturated carbocycles. The van der Waals surface area contributed by atoms with E-state index in [-0.39, 0.29) is 17.1 Å². The second kappa shape index (κ2) is 13.2. The molecule has 1 aliphatic carbocycles. The summed E-state index contributed by atoms with van der Waals surface area (Å²) in [6, 6.07) is 21.1. The van der Waals surface area contributed by atoms with Gasteiger partial charge in [-0.1, -0.05) is 74.0 Å². The Morgan fingerprint density at radius 3 is 2.55 bits per heavy atom. The maximum atomic E-state index is 11.5. The second-order valence-electron chi connectivity index (χ2n) is 11.9. The summed E-state index contributed by atoms with van der Waals surface area (Å²) < 4.78 is 0. The van der Waals surface area contributed by atoms with Crippen LogP contribution in [0.3, 0.4) is 0 Å². The van der Waals surface area contributed by atoms with E-state index in [0.29, 0.717) is 0 Å². The van der Waals surface area contributed by atoms with Crippen molar-refractivity contribution in [2.45, 2.75) is 83.5 Å². The highest BCUT2D eigenvalue weighted by Crippen LogP contribution is 2.53. The van der Waals surface area contributed by atoms with Crippen LogP contribution in [0.4, 0.5) is 0 Å². The number of carbonyl (C=O) groups is 1. The van der Waals surface area contributed by atoms with Crippen LogP contribution >= 0.6 is 11.8 Å². The highest BCUT2D eigenvalue weighted by Gasteiger charge is 2.44. The molecule has 0 saturated heterocycles. The Labute approximate surface area is 244 Å². The van der Waals surface area contributed by atoms with Crippen molar-refractivity contribution in [2.75, 3.05) is 5.75 Å². The van der Waals surface area contributed by atoms with E-state index in [1.165, 1.54) is 11.1 Å². The number of aromatic nitrogens is 1. The zero-order chi connectivity index (χ0) is 28.8. The van der Waals surface area contributed by atoms with Gasteiger partial charge in [0.25, 0.3) is 0 Å². The first-order valence-electron chi connectivity index (χ1n) is 14.5. The first-order valence-corrected chi connectivity index (χ1v) is 15.5. The zero-order valence-electron chi connectivity index (χ0n) is 24.3. The number of hydrogen-bond acceptors (Lipinski definition) is 4. The Balaban J connectivity index is 1.55. The Morgan fingerprint density at radius 1 is 1.07 bits per heavy atom. The fraction of sp³-hybridized carbons (Fsp3) is 0.429. The number of hydrogen-bond donors (Lipinski definition) is 2. The van der Waals surface area contributed by atoms with Crippen LogP contribution < -0.4 is 0 Å². The third kappa shape index (κ3) is 8.31. The van der Waals surface area contributed by atoms with Gasteiger partial charge in [-0.2, -0.15) is 11.8 Å². The average molecular weight is 558 g/mol. The van der Waals surface area contributed by atoms with Crippen LogP contribution in [0, 0.1) is 12.3 Å². The summed E-state index contributed by atoms with van der Waals surface area (Å²) >= 11 is 1.89. The lowest BCUT2D eigenvalue weighted by Gasteiger charge is -2.24. The molecule has 2 N–H and O–H groups in total. The SMILES string of the molecule is CCCc1nc(/C=C/c2cccc([C@@H](CCc3ccccc3C(C)(C)O)SCC3(CC(=O)O)CC3)c2)ccc1C. The van der Waals surface area contributed by atoms with E-state index >= 15 is 0 Å². The van der Waals surface area contributed by atoms with Crippen LogP contribution in [0.25, 0.3) is 12.2 Å². The van der Waals surface area contributed by atoms with Crippen molar-refractivity contribution in [3.05, 3.63) is 99.9 Å². The van der Waals surface area contributed by atoms with Gasteiger partial charge in [0, 0.05) is 16.7 Å². The number of pyridine rings is 1. The number of rotatable bonds is 14. The molecule has 3 aromatic rings. The van der Waals surface area contributed by atoms with E-state index in [1.807, 2.05) is 43.8 Å². The molecule has 1 fully saturated rings. The quantitative estimate of drug-likeness (QED) is 0.208. The highest BCUT2D eigenvalue weighted by molar-refractivity contribution is 7.99. The Bertz CT molecular complexity index is 1340. The van der Waals surface area contributed by atoms with Crippen molar-refractivity contribution in [1.29, 1.82) is 0 Å². The third-order valence-corrected chi connectivity index (χ3v) is 9.55.